The van der Waals surface area contributed by atoms with Gasteiger partial charge in [-0.05, 0) is 37.1 Å². The van der Waals surface area contributed by atoms with Gasteiger partial charge in [-0.25, -0.2) is 0 Å². The number of carbonyl (C=O) groups excluding carboxylic acids is 1. The first-order valence-corrected chi connectivity index (χ1v) is 7.71. The molecule has 0 aromatic heterocycles. The molecule has 0 radical (unpaired) electrons. The number of fused-ring (bicyclic) bond motifs is 1. The summed E-state index contributed by atoms with van der Waals surface area (Å²) in [6.07, 6.45) is -2.20. The van der Waals surface area contributed by atoms with Gasteiger partial charge in [0.05, 0.1) is 11.5 Å². The quantitative estimate of drug-likeness (QED) is 0.772. The molecule has 124 valence electrons. The van der Waals surface area contributed by atoms with Gasteiger partial charge in [-0.1, -0.05) is 11.6 Å². The number of nitrogens with zero attached hydrogens (tertiary/aromatic N) is 1. The van der Waals surface area contributed by atoms with Crippen LogP contribution in [0.4, 0.5) is 13.2 Å². The standard InChI is InChI=1S/C16H15ClF3NO2/c17-13-3-4-14-10(7-13)6-11(9-23-14)15(22)21-5-1-2-12(8-21)16(18,19)20/h3-4,6-7,12H,1-2,5,8-9H2/t12-/m0/s1. The zero-order valence-corrected chi connectivity index (χ0v) is 13.0. The van der Waals surface area contributed by atoms with E-state index in [-0.39, 0.29) is 19.6 Å². The Morgan fingerprint density at radius 1 is 1.35 bits per heavy atom. The van der Waals surface area contributed by atoms with Crippen molar-refractivity contribution >= 4 is 23.6 Å². The van der Waals surface area contributed by atoms with Crippen molar-refractivity contribution in [3.63, 3.8) is 0 Å². The van der Waals surface area contributed by atoms with Gasteiger partial charge in [-0.2, -0.15) is 13.2 Å². The Morgan fingerprint density at radius 3 is 2.87 bits per heavy atom. The predicted octanol–water partition coefficient (Wildman–Crippen LogP) is 3.92. The highest BCUT2D eigenvalue weighted by Crippen LogP contribution is 2.34. The number of piperidine rings is 1. The number of amides is 1. The van der Waals surface area contributed by atoms with Crippen molar-refractivity contribution in [3.8, 4) is 5.75 Å². The van der Waals surface area contributed by atoms with Gasteiger partial charge in [0, 0.05) is 23.7 Å². The van der Waals surface area contributed by atoms with Gasteiger partial charge >= 0.3 is 6.18 Å². The monoisotopic (exact) mass is 345 g/mol. The Morgan fingerprint density at radius 2 is 2.13 bits per heavy atom. The van der Waals surface area contributed by atoms with Crippen LogP contribution in [-0.2, 0) is 4.79 Å². The molecule has 1 atom stereocenters. The van der Waals surface area contributed by atoms with Crippen molar-refractivity contribution < 1.29 is 22.7 Å². The van der Waals surface area contributed by atoms with E-state index in [4.69, 9.17) is 16.3 Å². The molecule has 23 heavy (non-hydrogen) atoms. The number of rotatable bonds is 1. The van der Waals surface area contributed by atoms with Crippen molar-refractivity contribution in [1.29, 1.82) is 0 Å². The minimum Gasteiger partial charge on any atom is -0.488 e. The van der Waals surface area contributed by atoms with E-state index in [0.29, 0.717) is 34.9 Å². The normalized spacial score (nSPS) is 21.3. The van der Waals surface area contributed by atoms with Crippen LogP contribution in [0.25, 0.3) is 6.08 Å². The molecule has 1 aromatic carbocycles. The molecule has 0 aliphatic carbocycles. The van der Waals surface area contributed by atoms with Crippen LogP contribution in [0.15, 0.2) is 23.8 Å². The van der Waals surface area contributed by atoms with Crippen LogP contribution in [0.5, 0.6) is 5.75 Å². The fraction of sp³-hybridized carbons (Fsp3) is 0.438. The fourth-order valence-corrected chi connectivity index (χ4v) is 3.08. The van der Waals surface area contributed by atoms with Gasteiger partial charge in [0.15, 0.2) is 0 Å². The minimum absolute atomic E-state index is 0.0562. The van der Waals surface area contributed by atoms with Gasteiger partial charge in [-0.3, -0.25) is 4.79 Å². The molecule has 1 aromatic rings. The lowest BCUT2D eigenvalue weighted by Crippen LogP contribution is -2.45. The second-order valence-corrected chi connectivity index (χ2v) is 6.21. The van der Waals surface area contributed by atoms with Crippen LogP contribution in [-0.4, -0.2) is 36.7 Å². The van der Waals surface area contributed by atoms with E-state index in [0.717, 1.165) is 0 Å². The summed E-state index contributed by atoms with van der Waals surface area (Å²) < 4.78 is 44.1. The second-order valence-electron chi connectivity index (χ2n) is 5.77. The lowest BCUT2D eigenvalue weighted by atomic mass is 9.96. The molecule has 0 N–H and O–H groups in total. The summed E-state index contributed by atoms with van der Waals surface area (Å²) in [5, 5.41) is 0.507. The molecule has 2 heterocycles. The van der Waals surface area contributed by atoms with Crippen LogP contribution in [0.3, 0.4) is 0 Å². The van der Waals surface area contributed by atoms with Crippen molar-refractivity contribution in [2.45, 2.75) is 19.0 Å². The highest BCUT2D eigenvalue weighted by molar-refractivity contribution is 6.30. The number of halogens is 4. The summed E-state index contributed by atoms with van der Waals surface area (Å²) in [7, 11) is 0. The Hall–Kier alpha value is -1.69. The van der Waals surface area contributed by atoms with Crippen LogP contribution in [0, 0.1) is 5.92 Å². The third-order valence-corrected chi connectivity index (χ3v) is 4.37. The Kier molecular flexibility index (Phi) is 4.27. The molecule has 1 amide bonds. The topological polar surface area (TPSA) is 29.5 Å². The van der Waals surface area contributed by atoms with Gasteiger partial charge in [0.25, 0.3) is 5.91 Å². The summed E-state index contributed by atoms with van der Waals surface area (Å²) in [5.74, 6) is -1.24. The first-order chi connectivity index (χ1) is 10.8. The number of alkyl halides is 3. The number of hydrogen-bond donors (Lipinski definition) is 0. The fourth-order valence-electron chi connectivity index (χ4n) is 2.90. The highest BCUT2D eigenvalue weighted by atomic mass is 35.5. The van der Waals surface area contributed by atoms with Crippen LogP contribution in [0.2, 0.25) is 5.02 Å². The number of carbonyl (C=O) groups is 1. The van der Waals surface area contributed by atoms with Gasteiger partial charge in [-0.15, -0.1) is 0 Å². The predicted molar refractivity (Wildman–Crippen MR) is 80.3 cm³/mol. The minimum atomic E-state index is -4.27. The summed E-state index contributed by atoms with van der Waals surface area (Å²) >= 11 is 5.92. The SMILES string of the molecule is O=C(C1=Cc2cc(Cl)ccc2OC1)N1CCC[C@H](C(F)(F)F)C1. The maximum absolute atomic E-state index is 12.9. The third-order valence-electron chi connectivity index (χ3n) is 4.13. The molecule has 0 unspecified atom stereocenters. The summed E-state index contributed by atoms with van der Waals surface area (Å²) in [4.78, 5) is 13.8. The van der Waals surface area contributed by atoms with Crippen LogP contribution in [0.1, 0.15) is 18.4 Å². The van der Waals surface area contributed by atoms with E-state index in [2.05, 4.69) is 0 Å². The first kappa shape index (κ1) is 16.2. The first-order valence-electron chi connectivity index (χ1n) is 7.33. The molecule has 1 saturated heterocycles. The average Bonchev–Trinajstić information content (AvgIpc) is 2.52. The van der Waals surface area contributed by atoms with E-state index >= 15 is 0 Å². The van der Waals surface area contributed by atoms with E-state index in [9.17, 15) is 18.0 Å². The lowest BCUT2D eigenvalue weighted by molar-refractivity contribution is -0.187. The largest absolute Gasteiger partial charge is 0.488 e. The van der Waals surface area contributed by atoms with Crippen LogP contribution < -0.4 is 4.74 Å². The van der Waals surface area contributed by atoms with Gasteiger partial charge in [0.1, 0.15) is 12.4 Å². The molecule has 3 nitrogen and oxygen atoms in total. The second kappa shape index (κ2) is 6.07. The zero-order valence-electron chi connectivity index (χ0n) is 12.2. The third kappa shape index (κ3) is 3.47. The Bertz CT molecular complexity index is 657. The van der Waals surface area contributed by atoms with E-state index in [1.807, 2.05) is 0 Å². The molecule has 0 saturated carbocycles. The van der Waals surface area contributed by atoms with E-state index in [1.54, 1.807) is 24.3 Å². The molecule has 2 aliphatic heterocycles. The van der Waals surface area contributed by atoms with Gasteiger partial charge < -0.3 is 9.64 Å². The maximum Gasteiger partial charge on any atom is 0.393 e. The molecule has 7 heteroatoms. The van der Waals surface area contributed by atoms with E-state index in [1.165, 1.54) is 4.90 Å². The van der Waals surface area contributed by atoms with Crippen molar-refractivity contribution in [2.75, 3.05) is 19.7 Å². The highest BCUT2D eigenvalue weighted by Gasteiger charge is 2.43. The average molecular weight is 346 g/mol. The van der Waals surface area contributed by atoms with Gasteiger partial charge in [0.2, 0.25) is 0 Å². The van der Waals surface area contributed by atoms with Crippen molar-refractivity contribution in [1.82, 2.24) is 4.90 Å². The molecular formula is C16H15ClF3NO2. The molecule has 0 spiro atoms. The number of hydrogen-bond acceptors (Lipinski definition) is 2. The molecule has 2 aliphatic rings. The molecular weight excluding hydrogens is 331 g/mol. The van der Waals surface area contributed by atoms with Crippen LogP contribution >= 0.6 is 11.6 Å². The van der Waals surface area contributed by atoms with Crippen molar-refractivity contribution in [2.24, 2.45) is 5.92 Å². The zero-order chi connectivity index (χ0) is 16.6. The van der Waals surface area contributed by atoms with E-state index < -0.39 is 18.0 Å². The smallest absolute Gasteiger partial charge is 0.393 e. The number of likely N-dealkylation sites (tertiary alicyclic amines) is 1. The summed E-state index contributed by atoms with van der Waals surface area (Å²) in [6.45, 7) is 0.105. The Balaban J connectivity index is 1.78. The molecule has 0 bridgehead atoms. The lowest BCUT2D eigenvalue weighted by Gasteiger charge is -2.34. The number of ether oxygens (including phenoxy) is 1. The number of benzene rings is 1. The summed E-state index contributed by atoms with van der Waals surface area (Å²) in [5.41, 5.74) is 1.01. The van der Waals surface area contributed by atoms with Crippen molar-refractivity contribution in [3.05, 3.63) is 34.4 Å². The molecule has 1 fully saturated rings. The maximum atomic E-state index is 12.9. The Labute approximate surface area is 136 Å². The summed E-state index contributed by atoms with van der Waals surface area (Å²) in [6, 6.07) is 5.05. The molecule has 3 rings (SSSR count).